The maximum atomic E-state index is 13.4. The number of hydrogen-bond donors (Lipinski definition) is 0. The maximum absolute atomic E-state index is 13.4. The zero-order valence-electron chi connectivity index (χ0n) is 16.0. The van der Waals surface area contributed by atoms with Crippen LogP contribution in [0.4, 0.5) is 8.78 Å². The smallest absolute Gasteiger partial charge is 0.123 e. The van der Waals surface area contributed by atoms with Crippen LogP contribution in [0.1, 0.15) is 41.0 Å². The van der Waals surface area contributed by atoms with Crippen LogP contribution in [0.25, 0.3) is 0 Å². The Morgan fingerprint density at radius 2 is 1.32 bits per heavy atom. The van der Waals surface area contributed by atoms with Crippen LogP contribution in [0.5, 0.6) is 0 Å². The van der Waals surface area contributed by atoms with Gasteiger partial charge in [0.05, 0.1) is 0 Å². The van der Waals surface area contributed by atoms with E-state index < -0.39 is 0 Å². The Kier molecular flexibility index (Phi) is 5.82. The van der Waals surface area contributed by atoms with Gasteiger partial charge < -0.3 is 0 Å². The highest BCUT2D eigenvalue weighted by Gasteiger charge is 2.18. The third kappa shape index (κ3) is 4.48. The van der Waals surface area contributed by atoms with Crippen molar-refractivity contribution < 1.29 is 8.78 Å². The topological polar surface area (TPSA) is 3.24 Å². The minimum Gasteiger partial charge on any atom is -0.299 e. The summed E-state index contributed by atoms with van der Waals surface area (Å²) in [6, 6.07) is 22.1. The summed E-state index contributed by atoms with van der Waals surface area (Å²) in [5.41, 5.74) is 5.06. The van der Waals surface area contributed by atoms with Gasteiger partial charge in [-0.1, -0.05) is 48.5 Å². The molecule has 0 aromatic heterocycles. The molecule has 3 aromatic rings. The van der Waals surface area contributed by atoms with Gasteiger partial charge in [0.1, 0.15) is 11.6 Å². The van der Waals surface area contributed by atoms with Gasteiger partial charge in [-0.25, -0.2) is 8.78 Å². The summed E-state index contributed by atoms with van der Waals surface area (Å²) in [6.07, 6.45) is 3.10. The van der Waals surface area contributed by atoms with Crippen LogP contribution in [0, 0.1) is 11.6 Å². The molecule has 0 fully saturated rings. The van der Waals surface area contributed by atoms with E-state index in [2.05, 4.69) is 29.2 Å². The third-order valence-corrected chi connectivity index (χ3v) is 5.72. The number of nitrogens with zero attached hydrogens (tertiary/aromatic N) is 1. The Bertz CT molecular complexity index is 857. The number of fused-ring (bicyclic) bond motifs is 1. The van der Waals surface area contributed by atoms with Gasteiger partial charge in [0.15, 0.2) is 0 Å². The molecule has 0 bridgehead atoms. The second kappa shape index (κ2) is 8.66. The lowest BCUT2D eigenvalue weighted by molar-refractivity contribution is 0.247. The molecule has 1 aliphatic rings. The lowest BCUT2D eigenvalue weighted by Gasteiger charge is -2.29. The molecule has 0 saturated carbocycles. The Morgan fingerprint density at radius 3 is 1.93 bits per heavy atom. The van der Waals surface area contributed by atoms with Crippen LogP contribution in [0.3, 0.4) is 0 Å². The summed E-state index contributed by atoms with van der Waals surface area (Å²) in [4.78, 5) is 2.51. The van der Waals surface area contributed by atoms with Crippen molar-refractivity contribution in [2.75, 3.05) is 13.1 Å². The van der Waals surface area contributed by atoms with E-state index in [-0.39, 0.29) is 17.6 Å². The molecule has 0 atom stereocenters. The number of hydrogen-bond acceptors (Lipinski definition) is 1. The van der Waals surface area contributed by atoms with E-state index in [1.807, 2.05) is 24.3 Å². The first-order valence-corrected chi connectivity index (χ1v) is 9.99. The predicted molar refractivity (Wildman–Crippen MR) is 109 cm³/mol. The summed E-state index contributed by atoms with van der Waals surface area (Å²) in [5.74, 6) is -0.305. The van der Waals surface area contributed by atoms with Gasteiger partial charge >= 0.3 is 0 Å². The summed E-state index contributed by atoms with van der Waals surface area (Å²) in [5, 5.41) is 0. The first-order valence-electron chi connectivity index (χ1n) is 9.99. The van der Waals surface area contributed by atoms with E-state index in [0.717, 1.165) is 50.0 Å². The van der Waals surface area contributed by atoms with Crippen LogP contribution in [-0.2, 0) is 13.0 Å². The molecule has 4 rings (SSSR count). The van der Waals surface area contributed by atoms with E-state index in [4.69, 9.17) is 0 Å². The number of benzene rings is 3. The van der Waals surface area contributed by atoms with Crippen LogP contribution in [0.2, 0.25) is 0 Å². The molecule has 0 N–H and O–H groups in total. The molecule has 1 nitrogen and oxygen atoms in total. The van der Waals surface area contributed by atoms with Crippen LogP contribution >= 0.6 is 0 Å². The van der Waals surface area contributed by atoms with Crippen LogP contribution in [0.15, 0.2) is 72.8 Å². The van der Waals surface area contributed by atoms with Gasteiger partial charge in [0.2, 0.25) is 0 Å². The van der Waals surface area contributed by atoms with E-state index in [9.17, 15) is 8.78 Å². The highest BCUT2D eigenvalue weighted by Crippen LogP contribution is 2.30. The van der Waals surface area contributed by atoms with Crippen LogP contribution in [-0.4, -0.2) is 18.0 Å². The van der Waals surface area contributed by atoms with E-state index in [1.165, 1.54) is 35.4 Å². The average molecular weight is 377 g/mol. The van der Waals surface area contributed by atoms with E-state index in [0.29, 0.717) is 0 Å². The van der Waals surface area contributed by atoms with Gasteiger partial charge in [-0.3, -0.25) is 4.90 Å². The fourth-order valence-corrected chi connectivity index (χ4v) is 4.18. The molecule has 0 spiro atoms. The Balaban J connectivity index is 1.43. The lowest BCUT2D eigenvalue weighted by Crippen LogP contribution is -2.31. The highest BCUT2D eigenvalue weighted by molar-refractivity contribution is 5.33. The van der Waals surface area contributed by atoms with Gasteiger partial charge in [-0.2, -0.15) is 0 Å². The zero-order chi connectivity index (χ0) is 19.3. The fraction of sp³-hybridized carbons (Fsp3) is 0.280. The number of halogens is 2. The lowest BCUT2D eigenvalue weighted by atomic mass is 9.87. The monoisotopic (exact) mass is 377 g/mol. The molecule has 0 saturated heterocycles. The molecule has 28 heavy (non-hydrogen) atoms. The second-order valence-corrected chi connectivity index (χ2v) is 7.59. The van der Waals surface area contributed by atoms with Crippen molar-refractivity contribution in [2.24, 2.45) is 0 Å². The van der Waals surface area contributed by atoms with Gasteiger partial charge in [-0.15, -0.1) is 0 Å². The standard InChI is InChI=1S/C25H25F2N/c26-23-11-7-20(8-12-23)25(21-9-13-24(27)14-10-21)6-3-16-28-17-15-19-4-1-2-5-22(19)18-28/h1-2,4-5,7-14,25H,3,6,15-18H2. The van der Waals surface area contributed by atoms with Crippen molar-refractivity contribution in [3.8, 4) is 0 Å². The summed E-state index contributed by atoms with van der Waals surface area (Å²) in [6.45, 7) is 3.13. The molecule has 1 heterocycles. The molecule has 0 amide bonds. The third-order valence-electron chi connectivity index (χ3n) is 5.72. The van der Waals surface area contributed by atoms with Gasteiger partial charge in [0.25, 0.3) is 0 Å². The Labute approximate surface area is 165 Å². The molecular weight excluding hydrogens is 352 g/mol. The first-order chi connectivity index (χ1) is 13.7. The fourth-order valence-electron chi connectivity index (χ4n) is 4.18. The largest absolute Gasteiger partial charge is 0.299 e. The van der Waals surface area contributed by atoms with Crippen molar-refractivity contribution in [3.05, 3.63) is 107 Å². The van der Waals surface area contributed by atoms with Crippen molar-refractivity contribution in [1.29, 1.82) is 0 Å². The normalized spacial score (nSPS) is 14.2. The van der Waals surface area contributed by atoms with Crippen LogP contribution < -0.4 is 0 Å². The summed E-state index contributed by atoms with van der Waals surface area (Å²) >= 11 is 0. The van der Waals surface area contributed by atoms with Gasteiger partial charge in [0, 0.05) is 19.0 Å². The minimum absolute atomic E-state index is 0.151. The van der Waals surface area contributed by atoms with Crippen molar-refractivity contribution >= 4 is 0 Å². The van der Waals surface area contributed by atoms with E-state index >= 15 is 0 Å². The minimum atomic E-state index is -0.228. The van der Waals surface area contributed by atoms with Crippen molar-refractivity contribution in [2.45, 2.75) is 31.7 Å². The molecule has 0 unspecified atom stereocenters. The Hall–Kier alpha value is -2.52. The SMILES string of the molecule is Fc1ccc(C(CCCN2CCc3ccccc3C2)c2ccc(F)cc2)cc1. The van der Waals surface area contributed by atoms with Crippen molar-refractivity contribution in [3.63, 3.8) is 0 Å². The first kappa shape index (κ1) is 18.8. The molecule has 3 aromatic carbocycles. The molecular formula is C25H25F2N. The molecule has 0 aliphatic carbocycles. The van der Waals surface area contributed by atoms with Crippen molar-refractivity contribution in [1.82, 2.24) is 4.90 Å². The highest BCUT2D eigenvalue weighted by atomic mass is 19.1. The quantitative estimate of drug-likeness (QED) is 0.514. The molecule has 0 radical (unpaired) electrons. The number of rotatable bonds is 6. The molecule has 3 heteroatoms. The average Bonchev–Trinajstić information content (AvgIpc) is 2.73. The summed E-state index contributed by atoms with van der Waals surface area (Å²) < 4.78 is 26.7. The molecule has 144 valence electrons. The molecule has 1 aliphatic heterocycles. The van der Waals surface area contributed by atoms with Gasteiger partial charge in [-0.05, 0) is 72.3 Å². The predicted octanol–water partition coefficient (Wildman–Crippen LogP) is 5.94. The van der Waals surface area contributed by atoms with E-state index in [1.54, 1.807) is 0 Å². The summed E-state index contributed by atoms with van der Waals surface area (Å²) in [7, 11) is 0. The maximum Gasteiger partial charge on any atom is 0.123 e. The second-order valence-electron chi connectivity index (χ2n) is 7.59. The zero-order valence-corrected chi connectivity index (χ0v) is 16.0. The Morgan fingerprint density at radius 1 is 0.750 bits per heavy atom.